The van der Waals surface area contributed by atoms with Crippen molar-refractivity contribution in [2.45, 2.75) is 44.9 Å². The largest absolute Gasteiger partial charge is 0.357 e. The molecule has 1 saturated heterocycles. The van der Waals surface area contributed by atoms with Gasteiger partial charge in [0.15, 0.2) is 0 Å². The predicted molar refractivity (Wildman–Crippen MR) is 78.2 cm³/mol. The van der Waals surface area contributed by atoms with Crippen molar-refractivity contribution >= 4 is 5.69 Å². The van der Waals surface area contributed by atoms with Gasteiger partial charge in [0.2, 0.25) is 0 Å². The molecule has 2 heterocycles. The minimum absolute atomic E-state index is 0.114. The van der Waals surface area contributed by atoms with Crippen LogP contribution < -0.4 is 5.32 Å². The number of ether oxygens (including phenoxy) is 1. The van der Waals surface area contributed by atoms with Gasteiger partial charge in [-0.1, -0.05) is 31.5 Å². The average molecular weight is 260 g/mol. The first-order valence-electron chi connectivity index (χ1n) is 7.54. The molecule has 0 radical (unpaired) electrons. The molecule has 1 N–H and O–H groups in total. The standard InChI is InChI=1S/C16H24N2O/c1-2-3-10-18-11-8-16(9-12-18)17-15-7-5-4-6-14(15)13-19-16/h4-7,17H,2-3,8-13H2,1H3. The predicted octanol–water partition coefficient (Wildman–Crippen LogP) is 3.22. The Balaban J connectivity index is 1.62. The number of hydrogen-bond acceptors (Lipinski definition) is 3. The minimum atomic E-state index is -0.114. The Morgan fingerprint density at radius 1 is 1.26 bits per heavy atom. The number of anilines is 1. The van der Waals surface area contributed by atoms with E-state index >= 15 is 0 Å². The quantitative estimate of drug-likeness (QED) is 0.903. The van der Waals surface area contributed by atoms with Crippen molar-refractivity contribution in [3.63, 3.8) is 0 Å². The first kappa shape index (κ1) is 12.9. The van der Waals surface area contributed by atoms with Crippen LogP contribution >= 0.6 is 0 Å². The minimum Gasteiger partial charge on any atom is -0.357 e. The number of para-hydroxylation sites is 1. The molecular formula is C16H24N2O. The fourth-order valence-corrected chi connectivity index (χ4v) is 3.05. The second-order valence-electron chi connectivity index (χ2n) is 5.76. The molecule has 3 rings (SSSR count). The molecule has 0 aliphatic carbocycles. The molecule has 2 aliphatic rings. The monoisotopic (exact) mass is 260 g/mol. The molecular weight excluding hydrogens is 236 g/mol. The lowest BCUT2D eigenvalue weighted by Crippen LogP contribution is -2.52. The summed E-state index contributed by atoms with van der Waals surface area (Å²) in [6, 6.07) is 8.49. The Bertz CT molecular complexity index is 425. The van der Waals surface area contributed by atoms with Crippen LogP contribution in [0.5, 0.6) is 0 Å². The van der Waals surface area contributed by atoms with E-state index in [1.54, 1.807) is 0 Å². The molecule has 0 atom stereocenters. The number of benzene rings is 1. The highest BCUT2D eigenvalue weighted by molar-refractivity contribution is 5.53. The van der Waals surface area contributed by atoms with E-state index in [-0.39, 0.29) is 5.72 Å². The van der Waals surface area contributed by atoms with E-state index in [2.05, 4.69) is 41.4 Å². The molecule has 2 aliphatic heterocycles. The van der Waals surface area contributed by atoms with Gasteiger partial charge in [0.1, 0.15) is 5.72 Å². The van der Waals surface area contributed by atoms with Crippen molar-refractivity contribution in [2.75, 3.05) is 25.0 Å². The van der Waals surface area contributed by atoms with Gasteiger partial charge >= 0.3 is 0 Å². The second-order valence-corrected chi connectivity index (χ2v) is 5.76. The van der Waals surface area contributed by atoms with Crippen LogP contribution in [0.1, 0.15) is 38.2 Å². The van der Waals surface area contributed by atoms with Gasteiger partial charge in [-0.15, -0.1) is 0 Å². The van der Waals surface area contributed by atoms with Crippen LogP contribution in [0.15, 0.2) is 24.3 Å². The number of hydrogen-bond donors (Lipinski definition) is 1. The third-order valence-electron chi connectivity index (χ3n) is 4.38. The Kier molecular flexibility index (Phi) is 3.76. The smallest absolute Gasteiger partial charge is 0.141 e. The van der Waals surface area contributed by atoms with Crippen LogP contribution in [-0.4, -0.2) is 30.3 Å². The number of nitrogens with one attached hydrogen (secondary N) is 1. The molecule has 3 heteroatoms. The van der Waals surface area contributed by atoms with Crippen molar-refractivity contribution < 1.29 is 4.74 Å². The van der Waals surface area contributed by atoms with Crippen molar-refractivity contribution in [2.24, 2.45) is 0 Å². The fraction of sp³-hybridized carbons (Fsp3) is 0.625. The van der Waals surface area contributed by atoms with Crippen LogP contribution in [0.3, 0.4) is 0 Å². The lowest BCUT2D eigenvalue weighted by Gasteiger charge is -2.45. The number of likely N-dealkylation sites (tertiary alicyclic amines) is 1. The van der Waals surface area contributed by atoms with E-state index < -0.39 is 0 Å². The number of unbranched alkanes of at least 4 members (excludes halogenated alkanes) is 1. The number of fused-ring (bicyclic) bond motifs is 1. The van der Waals surface area contributed by atoms with Crippen molar-refractivity contribution in [1.29, 1.82) is 0 Å². The van der Waals surface area contributed by atoms with Gasteiger partial charge < -0.3 is 15.0 Å². The van der Waals surface area contributed by atoms with Gasteiger partial charge in [-0.05, 0) is 19.0 Å². The van der Waals surface area contributed by atoms with Crippen LogP contribution in [0.4, 0.5) is 5.69 Å². The average Bonchev–Trinajstić information content (AvgIpc) is 2.47. The molecule has 104 valence electrons. The van der Waals surface area contributed by atoms with Crippen LogP contribution in [-0.2, 0) is 11.3 Å². The normalized spacial score (nSPS) is 21.9. The summed E-state index contributed by atoms with van der Waals surface area (Å²) >= 11 is 0. The van der Waals surface area contributed by atoms with E-state index in [4.69, 9.17) is 4.74 Å². The van der Waals surface area contributed by atoms with E-state index in [1.165, 1.54) is 30.6 Å². The Morgan fingerprint density at radius 3 is 2.84 bits per heavy atom. The van der Waals surface area contributed by atoms with E-state index in [1.807, 2.05) is 0 Å². The third-order valence-corrected chi connectivity index (χ3v) is 4.38. The third kappa shape index (κ3) is 2.77. The molecule has 0 unspecified atom stereocenters. The van der Waals surface area contributed by atoms with Gasteiger partial charge in [0.25, 0.3) is 0 Å². The molecule has 19 heavy (non-hydrogen) atoms. The molecule has 1 spiro atoms. The summed E-state index contributed by atoms with van der Waals surface area (Å²) in [6.45, 7) is 6.54. The van der Waals surface area contributed by atoms with Crippen molar-refractivity contribution in [3.05, 3.63) is 29.8 Å². The molecule has 1 fully saturated rings. The molecule has 0 bridgehead atoms. The number of rotatable bonds is 3. The highest BCUT2D eigenvalue weighted by atomic mass is 16.5. The first-order chi connectivity index (χ1) is 9.31. The van der Waals surface area contributed by atoms with Gasteiger partial charge in [-0.25, -0.2) is 0 Å². The van der Waals surface area contributed by atoms with Gasteiger partial charge in [-0.2, -0.15) is 0 Å². The highest BCUT2D eigenvalue weighted by Gasteiger charge is 2.38. The maximum absolute atomic E-state index is 6.15. The van der Waals surface area contributed by atoms with Crippen LogP contribution in [0.2, 0.25) is 0 Å². The van der Waals surface area contributed by atoms with Gasteiger partial charge in [0, 0.05) is 37.2 Å². The summed E-state index contributed by atoms with van der Waals surface area (Å²) < 4.78 is 6.15. The first-order valence-corrected chi connectivity index (χ1v) is 7.54. The van der Waals surface area contributed by atoms with Crippen molar-refractivity contribution in [3.8, 4) is 0 Å². The Morgan fingerprint density at radius 2 is 2.05 bits per heavy atom. The molecule has 3 nitrogen and oxygen atoms in total. The maximum atomic E-state index is 6.15. The van der Waals surface area contributed by atoms with Gasteiger partial charge in [-0.3, -0.25) is 0 Å². The summed E-state index contributed by atoms with van der Waals surface area (Å²) in [7, 11) is 0. The van der Waals surface area contributed by atoms with Crippen molar-refractivity contribution in [1.82, 2.24) is 4.90 Å². The summed E-state index contributed by atoms with van der Waals surface area (Å²) in [5.74, 6) is 0. The summed E-state index contributed by atoms with van der Waals surface area (Å²) in [5, 5.41) is 3.64. The Hall–Kier alpha value is -1.06. The molecule has 0 aromatic heterocycles. The summed E-state index contributed by atoms with van der Waals surface area (Å²) in [6.07, 6.45) is 4.77. The summed E-state index contributed by atoms with van der Waals surface area (Å²) in [4.78, 5) is 2.57. The van der Waals surface area contributed by atoms with E-state index in [9.17, 15) is 0 Å². The topological polar surface area (TPSA) is 24.5 Å². The maximum Gasteiger partial charge on any atom is 0.141 e. The van der Waals surface area contributed by atoms with E-state index in [0.717, 1.165) is 32.5 Å². The Labute approximate surface area is 115 Å². The summed E-state index contributed by atoms with van der Waals surface area (Å²) in [5.41, 5.74) is 2.43. The fourth-order valence-electron chi connectivity index (χ4n) is 3.05. The molecule has 0 saturated carbocycles. The molecule has 0 amide bonds. The SMILES string of the molecule is CCCCN1CCC2(CC1)Nc1ccccc1CO2. The van der Waals surface area contributed by atoms with Crippen LogP contribution in [0, 0.1) is 0 Å². The zero-order valence-corrected chi connectivity index (χ0v) is 11.8. The zero-order chi connectivity index (χ0) is 13.1. The zero-order valence-electron chi connectivity index (χ0n) is 11.8. The molecule has 1 aromatic carbocycles. The van der Waals surface area contributed by atoms with E-state index in [0.29, 0.717) is 0 Å². The lowest BCUT2D eigenvalue weighted by molar-refractivity contribution is -0.0796. The number of nitrogens with zero attached hydrogens (tertiary/aromatic N) is 1. The highest BCUT2D eigenvalue weighted by Crippen LogP contribution is 2.35. The lowest BCUT2D eigenvalue weighted by atomic mass is 9.96. The van der Waals surface area contributed by atoms with Crippen LogP contribution in [0.25, 0.3) is 0 Å². The van der Waals surface area contributed by atoms with Gasteiger partial charge in [0.05, 0.1) is 6.61 Å². The second kappa shape index (κ2) is 5.51. The molecule has 1 aromatic rings. The number of piperidine rings is 1.